The van der Waals surface area contributed by atoms with Crippen LogP contribution < -0.4 is 10.3 Å². The van der Waals surface area contributed by atoms with Gasteiger partial charge in [0, 0.05) is 25.9 Å². The van der Waals surface area contributed by atoms with Gasteiger partial charge in [0.05, 0.1) is 5.69 Å². The Hall–Kier alpha value is -2.63. The number of aromatic amines is 1. The molecule has 6 heteroatoms. The van der Waals surface area contributed by atoms with E-state index in [0.29, 0.717) is 24.3 Å². The van der Waals surface area contributed by atoms with Crippen LogP contribution in [0.4, 0.5) is 0 Å². The molecular weight excluding hydrogens is 330 g/mol. The van der Waals surface area contributed by atoms with Crippen LogP contribution in [0.2, 0.25) is 0 Å². The molecule has 0 atom stereocenters. The molecule has 6 nitrogen and oxygen atoms in total. The standard InChI is InChI=1S/C20H25N3O3/c1-12-6-5-7-13(2)18(12)26-16-8-10-23(11-9-16)20(25)17-14(3)15(4)21-22-19(17)24/h5-7,16H,8-11H2,1-4H3,(H,22,24). The number of H-pyrrole nitrogens is 1. The zero-order chi connectivity index (χ0) is 18.8. The third kappa shape index (κ3) is 3.49. The van der Waals surface area contributed by atoms with Crippen LogP contribution in [0, 0.1) is 27.7 Å². The molecule has 0 radical (unpaired) electrons. The molecule has 1 aromatic carbocycles. The second-order valence-electron chi connectivity index (χ2n) is 6.97. The van der Waals surface area contributed by atoms with Gasteiger partial charge in [-0.1, -0.05) is 18.2 Å². The number of carbonyl (C=O) groups is 1. The maximum atomic E-state index is 12.8. The number of amides is 1. The summed E-state index contributed by atoms with van der Waals surface area (Å²) in [5, 5.41) is 6.32. The van der Waals surface area contributed by atoms with Crippen molar-refractivity contribution in [1.29, 1.82) is 0 Å². The molecule has 1 aliphatic rings. The Morgan fingerprint density at radius 3 is 2.38 bits per heavy atom. The number of nitrogens with one attached hydrogen (secondary N) is 1. The Morgan fingerprint density at radius 2 is 1.77 bits per heavy atom. The van der Waals surface area contributed by atoms with Crippen molar-refractivity contribution in [2.45, 2.75) is 46.6 Å². The zero-order valence-corrected chi connectivity index (χ0v) is 15.8. The number of para-hydroxylation sites is 1. The van der Waals surface area contributed by atoms with Gasteiger partial charge < -0.3 is 9.64 Å². The Balaban J connectivity index is 1.68. The Morgan fingerprint density at radius 1 is 1.15 bits per heavy atom. The van der Waals surface area contributed by atoms with Crippen molar-refractivity contribution in [3.63, 3.8) is 0 Å². The Kier molecular flexibility index (Phi) is 5.11. The van der Waals surface area contributed by atoms with E-state index in [9.17, 15) is 9.59 Å². The maximum absolute atomic E-state index is 12.8. The van der Waals surface area contributed by atoms with E-state index in [1.165, 1.54) is 0 Å². The van der Waals surface area contributed by atoms with E-state index in [4.69, 9.17) is 4.74 Å². The molecular formula is C20H25N3O3. The van der Waals surface area contributed by atoms with Gasteiger partial charge in [-0.25, -0.2) is 5.10 Å². The van der Waals surface area contributed by atoms with Gasteiger partial charge in [-0.15, -0.1) is 0 Å². The van der Waals surface area contributed by atoms with E-state index in [-0.39, 0.29) is 17.6 Å². The summed E-state index contributed by atoms with van der Waals surface area (Å²) in [7, 11) is 0. The van der Waals surface area contributed by atoms with Crippen molar-refractivity contribution < 1.29 is 9.53 Å². The fourth-order valence-electron chi connectivity index (χ4n) is 3.37. The number of hydrogen-bond acceptors (Lipinski definition) is 4. The van der Waals surface area contributed by atoms with Crippen LogP contribution in [0.1, 0.15) is 45.6 Å². The van der Waals surface area contributed by atoms with Gasteiger partial charge in [0.2, 0.25) is 0 Å². The smallest absolute Gasteiger partial charge is 0.277 e. The molecule has 1 saturated heterocycles. The molecule has 0 saturated carbocycles. The molecule has 26 heavy (non-hydrogen) atoms. The average molecular weight is 355 g/mol. The number of aryl methyl sites for hydroxylation is 3. The summed E-state index contributed by atoms with van der Waals surface area (Å²) in [5.74, 6) is 0.717. The van der Waals surface area contributed by atoms with E-state index in [0.717, 1.165) is 29.7 Å². The van der Waals surface area contributed by atoms with Crippen LogP contribution in [0.3, 0.4) is 0 Å². The first-order valence-corrected chi connectivity index (χ1v) is 8.96. The normalized spacial score (nSPS) is 15.2. The molecule has 0 spiro atoms. The predicted molar refractivity (Wildman–Crippen MR) is 99.8 cm³/mol. The van der Waals surface area contributed by atoms with Crippen molar-refractivity contribution >= 4 is 5.91 Å². The molecule has 2 aromatic rings. The van der Waals surface area contributed by atoms with Crippen LogP contribution in [0.25, 0.3) is 0 Å². The summed E-state index contributed by atoms with van der Waals surface area (Å²) >= 11 is 0. The van der Waals surface area contributed by atoms with Gasteiger partial charge in [-0.3, -0.25) is 9.59 Å². The lowest BCUT2D eigenvalue weighted by Gasteiger charge is -2.33. The molecule has 0 bridgehead atoms. The fourth-order valence-corrected chi connectivity index (χ4v) is 3.37. The SMILES string of the molecule is Cc1cccc(C)c1OC1CCN(C(=O)c2c(C)c(C)n[nH]c2=O)CC1. The molecule has 3 rings (SSSR count). The highest BCUT2D eigenvalue weighted by atomic mass is 16.5. The Bertz CT molecular complexity index is 860. The molecule has 0 aliphatic carbocycles. The highest BCUT2D eigenvalue weighted by molar-refractivity contribution is 5.95. The molecule has 1 amide bonds. The molecule has 0 unspecified atom stereocenters. The van der Waals surface area contributed by atoms with Crippen molar-refractivity contribution in [2.75, 3.05) is 13.1 Å². The van der Waals surface area contributed by atoms with Crippen LogP contribution in [0.5, 0.6) is 5.75 Å². The highest BCUT2D eigenvalue weighted by Gasteiger charge is 2.28. The minimum atomic E-state index is -0.424. The third-order valence-corrected chi connectivity index (χ3v) is 5.11. The number of ether oxygens (including phenoxy) is 1. The molecule has 1 aliphatic heterocycles. The quantitative estimate of drug-likeness (QED) is 0.918. The zero-order valence-electron chi connectivity index (χ0n) is 15.8. The second-order valence-corrected chi connectivity index (χ2v) is 6.97. The first-order valence-electron chi connectivity index (χ1n) is 8.96. The Labute approximate surface area is 153 Å². The highest BCUT2D eigenvalue weighted by Crippen LogP contribution is 2.26. The number of benzene rings is 1. The van der Waals surface area contributed by atoms with Gasteiger partial charge in [0.25, 0.3) is 11.5 Å². The number of nitrogens with zero attached hydrogens (tertiary/aromatic N) is 2. The number of hydrogen-bond donors (Lipinski definition) is 1. The molecule has 1 N–H and O–H groups in total. The maximum Gasteiger partial charge on any atom is 0.277 e. The van der Waals surface area contributed by atoms with Gasteiger partial charge >= 0.3 is 0 Å². The van der Waals surface area contributed by atoms with E-state index in [1.54, 1.807) is 18.7 Å². The van der Waals surface area contributed by atoms with Crippen LogP contribution >= 0.6 is 0 Å². The summed E-state index contributed by atoms with van der Waals surface area (Å²) in [5.41, 5.74) is 3.34. The largest absolute Gasteiger partial charge is 0.490 e. The molecule has 138 valence electrons. The first-order chi connectivity index (χ1) is 12.4. The molecule has 2 heterocycles. The van der Waals surface area contributed by atoms with E-state index < -0.39 is 5.56 Å². The summed E-state index contributed by atoms with van der Waals surface area (Å²) in [6, 6.07) is 6.11. The fraction of sp³-hybridized carbons (Fsp3) is 0.450. The number of aromatic nitrogens is 2. The summed E-state index contributed by atoms with van der Waals surface area (Å²) < 4.78 is 6.20. The molecule has 1 aromatic heterocycles. The number of rotatable bonds is 3. The van der Waals surface area contributed by atoms with E-state index in [1.807, 2.05) is 32.0 Å². The summed E-state index contributed by atoms with van der Waals surface area (Å²) in [6.07, 6.45) is 1.58. The van der Waals surface area contributed by atoms with Gasteiger partial charge in [0.1, 0.15) is 17.4 Å². The average Bonchev–Trinajstić information content (AvgIpc) is 2.62. The van der Waals surface area contributed by atoms with Crippen molar-refractivity contribution in [1.82, 2.24) is 15.1 Å². The first kappa shape index (κ1) is 18.2. The van der Waals surface area contributed by atoms with E-state index >= 15 is 0 Å². The predicted octanol–water partition coefficient (Wildman–Crippen LogP) is 2.69. The van der Waals surface area contributed by atoms with Crippen molar-refractivity contribution in [3.05, 3.63) is 56.5 Å². The lowest BCUT2D eigenvalue weighted by atomic mass is 10.0. The second kappa shape index (κ2) is 7.32. The summed E-state index contributed by atoms with van der Waals surface area (Å²) in [6.45, 7) is 8.79. The monoisotopic (exact) mass is 355 g/mol. The lowest BCUT2D eigenvalue weighted by Crippen LogP contribution is -2.44. The van der Waals surface area contributed by atoms with Crippen LogP contribution in [-0.4, -0.2) is 40.2 Å². The van der Waals surface area contributed by atoms with E-state index in [2.05, 4.69) is 10.2 Å². The van der Waals surface area contributed by atoms with Crippen LogP contribution in [0.15, 0.2) is 23.0 Å². The summed E-state index contributed by atoms with van der Waals surface area (Å²) in [4.78, 5) is 26.6. The minimum absolute atomic E-state index is 0.0809. The number of likely N-dealkylation sites (tertiary alicyclic amines) is 1. The third-order valence-electron chi connectivity index (χ3n) is 5.11. The number of piperidine rings is 1. The van der Waals surface area contributed by atoms with Gasteiger partial charge in [0.15, 0.2) is 0 Å². The lowest BCUT2D eigenvalue weighted by molar-refractivity contribution is 0.0590. The van der Waals surface area contributed by atoms with Crippen LogP contribution in [-0.2, 0) is 0 Å². The van der Waals surface area contributed by atoms with Gasteiger partial charge in [-0.05, 0) is 44.4 Å². The van der Waals surface area contributed by atoms with Crippen molar-refractivity contribution in [3.8, 4) is 5.75 Å². The van der Waals surface area contributed by atoms with Crippen molar-refractivity contribution in [2.24, 2.45) is 0 Å². The topological polar surface area (TPSA) is 75.3 Å². The minimum Gasteiger partial charge on any atom is -0.490 e. The number of carbonyl (C=O) groups excluding carboxylic acids is 1. The molecule has 1 fully saturated rings. The van der Waals surface area contributed by atoms with Gasteiger partial charge in [-0.2, -0.15) is 5.10 Å².